The summed E-state index contributed by atoms with van der Waals surface area (Å²) in [7, 11) is 1.76. The summed E-state index contributed by atoms with van der Waals surface area (Å²) in [6, 6.07) is 10.7. The largest absolute Gasteiger partial charge is 0.346 e. The summed E-state index contributed by atoms with van der Waals surface area (Å²) in [5.74, 6) is -0.344. The number of rotatable bonds is 6. The fourth-order valence-corrected chi connectivity index (χ4v) is 4.59. The first-order valence-corrected chi connectivity index (χ1v) is 11.0. The number of nitro groups is 1. The second-order valence-electron chi connectivity index (χ2n) is 7.70. The van der Waals surface area contributed by atoms with Crippen LogP contribution in [0.3, 0.4) is 0 Å². The molecule has 0 fully saturated rings. The van der Waals surface area contributed by atoms with Crippen LogP contribution < -0.4 is 5.32 Å². The summed E-state index contributed by atoms with van der Waals surface area (Å²) in [6.45, 7) is 1.93. The highest BCUT2D eigenvalue weighted by Crippen LogP contribution is 2.34. The van der Waals surface area contributed by atoms with Crippen LogP contribution in [0.5, 0.6) is 0 Å². The van der Waals surface area contributed by atoms with Crippen molar-refractivity contribution in [2.75, 3.05) is 0 Å². The topological polar surface area (TPSA) is 103 Å². The van der Waals surface area contributed by atoms with Crippen LogP contribution >= 0.6 is 11.8 Å². The minimum absolute atomic E-state index is 0.137. The van der Waals surface area contributed by atoms with Gasteiger partial charge >= 0.3 is 0 Å². The van der Waals surface area contributed by atoms with Crippen molar-refractivity contribution in [1.82, 2.24) is 20.1 Å². The third kappa shape index (κ3) is 4.61. The molecule has 0 spiro atoms. The zero-order chi connectivity index (χ0) is 22.0. The third-order valence-electron chi connectivity index (χ3n) is 5.51. The van der Waals surface area contributed by atoms with Gasteiger partial charge < -0.3 is 9.88 Å². The van der Waals surface area contributed by atoms with E-state index in [-0.39, 0.29) is 23.2 Å². The summed E-state index contributed by atoms with van der Waals surface area (Å²) in [4.78, 5) is 24.3. The molecule has 9 heteroatoms. The monoisotopic (exact) mass is 437 g/mol. The van der Waals surface area contributed by atoms with Crippen LogP contribution in [-0.2, 0) is 19.9 Å². The van der Waals surface area contributed by atoms with Gasteiger partial charge in [0.25, 0.3) is 11.6 Å². The molecule has 2 aromatic carbocycles. The molecule has 8 nitrogen and oxygen atoms in total. The first-order chi connectivity index (χ1) is 14.9. The number of nitro benzene ring substituents is 1. The Morgan fingerprint density at radius 2 is 1.97 bits per heavy atom. The van der Waals surface area contributed by atoms with Gasteiger partial charge in [-0.1, -0.05) is 18.2 Å². The van der Waals surface area contributed by atoms with E-state index >= 15 is 0 Å². The molecule has 0 saturated carbocycles. The van der Waals surface area contributed by atoms with Gasteiger partial charge in [-0.05, 0) is 73.2 Å². The SMILES string of the molecule is CC(NC(=O)c1ccc(Sc2nncn2C)c([N+](=O)[O-])c1)c1ccc2c(c1)CCCC2. The highest BCUT2D eigenvalue weighted by atomic mass is 32.2. The minimum atomic E-state index is -0.484. The van der Waals surface area contributed by atoms with Crippen molar-refractivity contribution in [3.05, 3.63) is 75.1 Å². The summed E-state index contributed by atoms with van der Waals surface area (Å²) in [6.07, 6.45) is 6.12. The molecular weight excluding hydrogens is 414 g/mol. The van der Waals surface area contributed by atoms with Gasteiger partial charge in [-0.15, -0.1) is 10.2 Å². The Kier molecular flexibility index (Phi) is 6.03. The molecule has 0 radical (unpaired) electrons. The number of hydrogen-bond donors (Lipinski definition) is 1. The molecule has 4 rings (SSSR count). The van der Waals surface area contributed by atoms with Gasteiger partial charge in [0.1, 0.15) is 6.33 Å². The number of amides is 1. The van der Waals surface area contributed by atoms with Gasteiger partial charge in [0, 0.05) is 18.7 Å². The number of fused-ring (bicyclic) bond motifs is 1. The van der Waals surface area contributed by atoms with E-state index in [0.717, 1.165) is 30.2 Å². The molecule has 0 bridgehead atoms. The maximum Gasteiger partial charge on any atom is 0.284 e. The fraction of sp³-hybridized carbons (Fsp3) is 0.318. The Morgan fingerprint density at radius 3 is 2.68 bits per heavy atom. The molecule has 1 amide bonds. The van der Waals surface area contributed by atoms with Crippen LogP contribution in [-0.4, -0.2) is 25.6 Å². The van der Waals surface area contributed by atoms with Crippen LogP contribution in [0.1, 0.15) is 52.9 Å². The van der Waals surface area contributed by atoms with Crippen molar-refractivity contribution < 1.29 is 9.72 Å². The van der Waals surface area contributed by atoms with E-state index in [0.29, 0.717) is 10.1 Å². The van der Waals surface area contributed by atoms with Crippen molar-refractivity contribution in [2.45, 2.75) is 48.7 Å². The van der Waals surface area contributed by atoms with E-state index in [2.05, 4.69) is 33.7 Å². The van der Waals surface area contributed by atoms with Crippen molar-refractivity contribution >= 4 is 23.4 Å². The first kappa shape index (κ1) is 21.0. The lowest BCUT2D eigenvalue weighted by atomic mass is 9.89. The fourth-order valence-electron chi connectivity index (χ4n) is 3.74. The first-order valence-electron chi connectivity index (χ1n) is 10.1. The van der Waals surface area contributed by atoms with Crippen LogP contribution in [0, 0.1) is 10.1 Å². The molecular formula is C22H23N5O3S. The zero-order valence-corrected chi connectivity index (χ0v) is 18.2. The van der Waals surface area contributed by atoms with Gasteiger partial charge in [-0.2, -0.15) is 0 Å². The Bertz CT molecular complexity index is 1140. The van der Waals surface area contributed by atoms with Crippen LogP contribution in [0.15, 0.2) is 52.8 Å². The summed E-state index contributed by atoms with van der Waals surface area (Å²) in [5, 5.41) is 22.8. The van der Waals surface area contributed by atoms with Crippen molar-refractivity contribution in [3.8, 4) is 0 Å². The second kappa shape index (κ2) is 8.89. The lowest BCUT2D eigenvalue weighted by Gasteiger charge is -2.20. The average molecular weight is 438 g/mol. The number of aryl methyl sites for hydroxylation is 3. The average Bonchev–Trinajstić information content (AvgIpc) is 3.17. The number of hydrogen-bond acceptors (Lipinski definition) is 6. The summed E-state index contributed by atoms with van der Waals surface area (Å²) < 4.78 is 1.68. The number of nitrogens with one attached hydrogen (secondary N) is 1. The molecule has 1 unspecified atom stereocenters. The van der Waals surface area contributed by atoms with E-state index in [9.17, 15) is 14.9 Å². The van der Waals surface area contributed by atoms with Crippen molar-refractivity contribution in [3.63, 3.8) is 0 Å². The van der Waals surface area contributed by atoms with Crippen LogP contribution in [0.25, 0.3) is 0 Å². The maximum atomic E-state index is 12.8. The molecule has 1 N–H and O–H groups in total. The summed E-state index contributed by atoms with van der Waals surface area (Å²) in [5.41, 5.74) is 3.89. The molecule has 160 valence electrons. The number of carbonyl (C=O) groups excluding carboxylic acids is 1. The Hall–Kier alpha value is -3.20. The summed E-state index contributed by atoms with van der Waals surface area (Å²) >= 11 is 1.14. The Labute approximate surface area is 184 Å². The second-order valence-corrected chi connectivity index (χ2v) is 8.71. The third-order valence-corrected chi connectivity index (χ3v) is 6.63. The predicted molar refractivity (Wildman–Crippen MR) is 117 cm³/mol. The molecule has 3 aromatic rings. The van der Waals surface area contributed by atoms with E-state index in [1.165, 1.54) is 36.4 Å². The zero-order valence-electron chi connectivity index (χ0n) is 17.4. The van der Waals surface area contributed by atoms with Gasteiger partial charge in [0.15, 0.2) is 5.16 Å². The quantitative estimate of drug-likeness (QED) is 0.457. The van der Waals surface area contributed by atoms with Crippen molar-refractivity contribution in [1.29, 1.82) is 0 Å². The normalized spacial score (nSPS) is 14.0. The molecule has 31 heavy (non-hydrogen) atoms. The lowest BCUT2D eigenvalue weighted by Crippen LogP contribution is -2.27. The van der Waals surface area contributed by atoms with Crippen molar-refractivity contribution in [2.24, 2.45) is 7.05 Å². The molecule has 1 atom stereocenters. The highest BCUT2D eigenvalue weighted by molar-refractivity contribution is 7.99. The van der Waals surface area contributed by atoms with Gasteiger partial charge in [-0.25, -0.2) is 0 Å². The van der Waals surface area contributed by atoms with Gasteiger partial charge in [-0.3, -0.25) is 14.9 Å². The smallest absolute Gasteiger partial charge is 0.284 e. The standard InChI is InChI=1S/C22H23N5O3S/c1-14(16-8-7-15-5-3-4-6-17(15)11-16)24-21(28)18-9-10-20(19(12-18)27(29)30)31-22-25-23-13-26(22)2/h7-14H,3-6H2,1-2H3,(H,24,28). The number of benzene rings is 2. The minimum Gasteiger partial charge on any atom is -0.346 e. The number of nitrogens with zero attached hydrogens (tertiary/aromatic N) is 4. The molecule has 1 aliphatic rings. The number of aromatic nitrogens is 3. The predicted octanol–water partition coefficient (Wildman–Crippen LogP) is 4.24. The van der Waals surface area contributed by atoms with Gasteiger partial charge in [0.2, 0.25) is 0 Å². The van der Waals surface area contributed by atoms with E-state index < -0.39 is 4.92 Å². The molecule has 0 aliphatic heterocycles. The molecule has 1 aliphatic carbocycles. The van der Waals surface area contributed by atoms with Crippen LogP contribution in [0.2, 0.25) is 0 Å². The highest BCUT2D eigenvalue weighted by Gasteiger charge is 2.21. The van der Waals surface area contributed by atoms with E-state index in [4.69, 9.17) is 0 Å². The molecule has 1 heterocycles. The number of carbonyl (C=O) groups is 1. The van der Waals surface area contributed by atoms with Gasteiger partial charge in [0.05, 0.1) is 15.9 Å². The van der Waals surface area contributed by atoms with E-state index in [1.807, 2.05) is 6.92 Å². The maximum absolute atomic E-state index is 12.8. The molecule has 1 aromatic heterocycles. The Balaban J connectivity index is 1.52. The molecule has 0 saturated heterocycles. The van der Waals surface area contributed by atoms with Crippen LogP contribution in [0.4, 0.5) is 5.69 Å². The lowest BCUT2D eigenvalue weighted by molar-refractivity contribution is -0.387. The Morgan fingerprint density at radius 1 is 1.19 bits per heavy atom. The van der Waals surface area contributed by atoms with E-state index in [1.54, 1.807) is 23.7 Å².